The Morgan fingerprint density at radius 3 is 2.94 bits per heavy atom. The summed E-state index contributed by atoms with van der Waals surface area (Å²) in [7, 11) is 2.14. The molecule has 1 rings (SSSR count). The van der Waals surface area contributed by atoms with E-state index in [-0.39, 0.29) is 6.10 Å². The molecule has 96 valence electrons. The highest BCUT2D eigenvalue weighted by atomic mass is 16.5. The summed E-state index contributed by atoms with van der Waals surface area (Å²) in [6, 6.07) is 0. The van der Waals surface area contributed by atoms with E-state index in [9.17, 15) is 0 Å². The predicted molar refractivity (Wildman–Crippen MR) is 65.6 cm³/mol. The number of nitrogens with two attached hydrogens (primary N) is 1. The molecule has 0 radical (unpaired) electrons. The van der Waals surface area contributed by atoms with Crippen LogP contribution in [0.3, 0.4) is 0 Å². The Morgan fingerprint density at radius 1 is 1.56 bits per heavy atom. The van der Waals surface area contributed by atoms with E-state index in [2.05, 4.69) is 11.9 Å². The summed E-state index contributed by atoms with van der Waals surface area (Å²) in [4.78, 5) is 2.32. The third-order valence-corrected chi connectivity index (χ3v) is 3.04. The monoisotopic (exact) mass is 230 g/mol. The summed E-state index contributed by atoms with van der Waals surface area (Å²) >= 11 is 0. The Balaban J connectivity index is 2.10. The third kappa shape index (κ3) is 5.25. The van der Waals surface area contributed by atoms with Crippen LogP contribution in [0.25, 0.3) is 0 Å². The summed E-state index contributed by atoms with van der Waals surface area (Å²) in [6.45, 7) is 6.37. The number of ether oxygens (including phenoxy) is 2. The first-order valence-corrected chi connectivity index (χ1v) is 6.38. The Morgan fingerprint density at radius 2 is 2.38 bits per heavy atom. The number of hydrogen-bond acceptors (Lipinski definition) is 4. The Kier molecular flexibility index (Phi) is 6.96. The normalized spacial score (nSPS) is 22.9. The van der Waals surface area contributed by atoms with Crippen molar-refractivity contribution in [1.82, 2.24) is 4.90 Å². The largest absolute Gasteiger partial charge is 0.377 e. The Labute approximate surface area is 99.1 Å². The van der Waals surface area contributed by atoms with Gasteiger partial charge in [-0.05, 0) is 33.2 Å². The highest BCUT2D eigenvalue weighted by Gasteiger charge is 2.17. The van der Waals surface area contributed by atoms with Crippen LogP contribution in [0.2, 0.25) is 0 Å². The topological polar surface area (TPSA) is 47.7 Å². The fourth-order valence-electron chi connectivity index (χ4n) is 2.10. The van der Waals surface area contributed by atoms with Gasteiger partial charge in [0.1, 0.15) is 0 Å². The lowest BCUT2D eigenvalue weighted by Gasteiger charge is -2.23. The molecule has 1 saturated heterocycles. The van der Waals surface area contributed by atoms with E-state index < -0.39 is 0 Å². The fraction of sp³-hybridized carbons (Fsp3) is 1.00. The number of rotatable bonds is 8. The molecule has 0 bridgehead atoms. The van der Waals surface area contributed by atoms with Gasteiger partial charge >= 0.3 is 0 Å². The lowest BCUT2D eigenvalue weighted by molar-refractivity contribution is 0.0462. The highest BCUT2D eigenvalue weighted by Crippen LogP contribution is 2.13. The smallest absolute Gasteiger partial charge is 0.0709 e. The molecule has 0 spiro atoms. The minimum absolute atomic E-state index is 0.206. The minimum Gasteiger partial charge on any atom is -0.377 e. The molecule has 2 unspecified atom stereocenters. The van der Waals surface area contributed by atoms with Crippen LogP contribution < -0.4 is 5.73 Å². The van der Waals surface area contributed by atoms with E-state index in [1.165, 1.54) is 12.8 Å². The maximum Gasteiger partial charge on any atom is 0.0709 e. The van der Waals surface area contributed by atoms with E-state index in [1.54, 1.807) is 0 Å². The van der Waals surface area contributed by atoms with Gasteiger partial charge in [0.15, 0.2) is 0 Å². The summed E-state index contributed by atoms with van der Waals surface area (Å²) < 4.78 is 11.1. The minimum atomic E-state index is 0.206. The third-order valence-electron chi connectivity index (χ3n) is 3.04. The van der Waals surface area contributed by atoms with E-state index in [1.807, 2.05) is 6.92 Å². The first kappa shape index (κ1) is 13.9. The van der Waals surface area contributed by atoms with E-state index in [0.29, 0.717) is 12.6 Å². The summed E-state index contributed by atoms with van der Waals surface area (Å²) in [5, 5.41) is 0. The summed E-state index contributed by atoms with van der Waals surface area (Å²) in [5.41, 5.74) is 5.64. The molecule has 4 heteroatoms. The molecule has 0 amide bonds. The van der Waals surface area contributed by atoms with Crippen molar-refractivity contribution in [3.8, 4) is 0 Å². The van der Waals surface area contributed by atoms with Gasteiger partial charge in [-0.3, -0.25) is 0 Å². The molecule has 1 fully saturated rings. The molecule has 1 aliphatic rings. The Hall–Kier alpha value is -0.160. The molecule has 1 heterocycles. The van der Waals surface area contributed by atoms with Crippen LogP contribution in [0.15, 0.2) is 0 Å². The quantitative estimate of drug-likeness (QED) is 0.671. The average Bonchev–Trinajstić information content (AvgIpc) is 2.76. The zero-order chi connectivity index (χ0) is 11.8. The zero-order valence-electron chi connectivity index (χ0n) is 10.7. The molecule has 1 aliphatic heterocycles. The van der Waals surface area contributed by atoms with Gasteiger partial charge in [0.2, 0.25) is 0 Å². The van der Waals surface area contributed by atoms with Crippen LogP contribution in [0, 0.1) is 0 Å². The molecule has 0 saturated carbocycles. The molecule has 2 atom stereocenters. The number of nitrogens with zero attached hydrogens (tertiary/aromatic N) is 1. The van der Waals surface area contributed by atoms with Crippen LogP contribution in [-0.4, -0.2) is 57.0 Å². The lowest BCUT2D eigenvalue weighted by atomic mass is 10.2. The second-order valence-corrected chi connectivity index (χ2v) is 4.50. The standard InChI is InChI=1S/C12H26N2O2/c1-3-15-11(9-13)6-7-14(2)10-12-5-4-8-16-12/h11-12H,3-10,13H2,1-2H3. The maximum atomic E-state index is 5.64. The molecule has 0 aromatic heterocycles. The molecule has 0 aromatic rings. The molecular formula is C12H26N2O2. The summed E-state index contributed by atoms with van der Waals surface area (Å²) in [5.74, 6) is 0. The van der Waals surface area contributed by atoms with Gasteiger partial charge in [0.25, 0.3) is 0 Å². The average molecular weight is 230 g/mol. The summed E-state index contributed by atoms with van der Waals surface area (Å²) in [6.07, 6.45) is 4.07. The molecule has 0 aromatic carbocycles. The van der Waals surface area contributed by atoms with Crippen LogP contribution in [-0.2, 0) is 9.47 Å². The number of hydrogen-bond donors (Lipinski definition) is 1. The fourth-order valence-corrected chi connectivity index (χ4v) is 2.10. The molecule has 4 nitrogen and oxygen atoms in total. The highest BCUT2D eigenvalue weighted by molar-refractivity contribution is 4.70. The van der Waals surface area contributed by atoms with Gasteiger partial charge in [0, 0.05) is 32.8 Å². The second kappa shape index (κ2) is 8.01. The Bertz CT molecular complexity index is 172. The van der Waals surface area contributed by atoms with Crippen LogP contribution >= 0.6 is 0 Å². The number of likely N-dealkylation sites (N-methyl/N-ethyl adjacent to an activating group) is 1. The van der Waals surface area contributed by atoms with Gasteiger partial charge < -0.3 is 20.1 Å². The second-order valence-electron chi connectivity index (χ2n) is 4.50. The van der Waals surface area contributed by atoms with Crippen LogP contribution in [0.4, 0.5) is 0 Å². The van der Waals surface area contributed by atoms with Crippen molar-refractivity contribution in [1.29, 1.82) is 0 Å². The van der Waals surface area contributed by atoms with E-state index in [4.69, 9.17) is 15.2 Å². The molecule has 0 aliphatic carbocycles. The van der Waals surface area contributed by atoms with Crippen LogP contribution in [0.1, 0.15) is 26.2 Å². The zero-order valence-corrected chi connectivity index (χ0v) is 10.7. The van der Waals surface area contributed by atoms with Crippen molar-refractivity contribution in [3.63, 3.8) is 0 Å². The van der Waals surface area contributed by atoms with Crippen molar-refractivity contribution < 1.29 is 9.47 Å². The van der Waals surface area contributed by atoms with Gasteiger partial charge in [-0.2, -0.15) is 0 Å². The van der Waals surface area contributed by atoms with Gasteiger partial charge in [-0.15, -0.1) is 0 Å². The van der Waals surface area contributed by atoms with Crippen molar-refractivity contribution in [2.45, 2.75) is 38.4 Å². The van der Waals surface area contributed by atoms with Crippen molar-refractivity contribution >= 4 is 0 Å². The van der Waals surface area contributed by atoms with Gasteiger partial charge in [-0.1, -0.05) is 0 Å². The predicted octanol–water partition coefficient (Wildman–Crippen LogP) is 0.851. The first-order chi connectivity index (χ1) is 7.76. The molecule has 16 heavy (non-hydrogen) atoms. The maximum absolute atomic E-state index is 5.64. The van der Waals surface area contributed by atoms with E-state index >= 15 is 0 Å². The van der Waals surface area contributed by atoms with Crippen molar-refractivity contribution in [2.75, 3.05) is 39.9 Å². The van der Waals surface area contributed by atoms with E-state index in [0.717, 1.165) is 32.7 Å². The lowest BCUT2D eigenvalue weighted by Crippen LogP contribution is -2.33. The van der Waals surface area contributed by atoms with Crippen molar-refractivity contribution in [2.24, 2.45) is 5.73 Å². The van der Waals surface area contributed by atoms with Gasteiger partial charge in [0.05, 0.1) is 12.2 Å². The van der Waals surface area contributed by atoms with Crippen molar-refractivity contribution in [3.05, 3.63) is 0 Å². The molecular weight excluding hydrogens is 204 g/mol. The SMILES string of the molecule is CCOC(CN)CCN(C)CC1CCCO1. The first-order valence-electron chi connectivity index (χ1n) is 6.38. The molecule has 2 N–H and O–H groups in total. The van der Waals surface area contributed by atoms with Gasteiger partial charge in [-0.25, -0.2) is 0 Å². The van der Waals surface area contributed by atoms with Crippen LogP contribution in [0.5, 0.6) is 0 Å².